The number of thioether (sulfide) groups is 1. The van der Waals surface area contributed by atoms with E-state index >= 15 is 0 Å². The Morgan fingerprint density at radius 3 is 2.67 bits per heavy atom. The van der Waals surface area contributed by atoms with Crippen LogP contribution in [0.2, 0.25) is 0 Å². The van der Waals surface area contributed by atoms with Gasteiger partial charge in [-0.1, -0.05) is 18.2 Å². The van der Waals surface area contributed by atoms with Crippen LogP contribution in [0.1, 0.15) is 18.4 Å². The first-order chi connectivity index (χ1) is 8.61. The number of fused-ring (bicyclic) bond motifs is 1. The lowest BCUT2D eigenvalue weighted by molar-refractivity contribution is -0.143. The van der Waals surface area contributed by atoms with Gasteiger partial charge in [-0.05, 0) is 30.9 Å². The van der Waals surface area contributed by atoms with E-state index in [-0.39, 0.29) is 11.2 Å². The lowest BCUT2D eigenvalue weighted by Gasteiger charge is -2.15. The number of amides is 1. The minimum atomic E-state index is -0.980. The molecule has 94 valence electrons. The number of aliphatic carboxylic acids is 1. The lowest BCUT2D eigenvalue weighted by Crippen LogP contribution is -2.46. The van der Waals surface area contributed by atoms with Crippen molar-refractivity contribution in [1.29, 1.82) is 0 Å². The van der Waals surface area contributed by atoms with Crippen molar-refractivity contribution in [2.75, 3.05) is 0 Å². The molecule has 1 aromatic rings. The summed E-state index contributed by atoms with van der Waals surface area (Å²) < 4.78 is 0. The summed E-state index contributed by atoms with van der Waals surface area (Å²) in [5.74, 6) is -1.08. The van der Waals surface area contributed by atoms with E-state index < -0.39 is 11.5 Å². The van der Waals surface area contributed by atoms with Crippen LogP contribution in [0.4, 0.5) is 0 Å². The van der Waals surface area contributed by atoms with Crippen molar-refractivity contribution in [2.24, 2.45) is 0 Å². The standard InChI is InChI=1S/C13H13NO3S/c15-11(14-13(5-6-13)12(16)17)10-7-8-3-1-2-4-9(8)18-10/h1-4,10H,5-7H2,(H,14,15)(H,16,17). The largest absolute Gasteiger partial charge is 0.480 e. The van der Waals surface area contributed by atoms with Crippen LogP contribution in [0.15, 0.2) is 29.2 Å². The highest BCUT2D eigenvalue weighted by Crippen LogP contribution is 2.39. The fourth-order valence-corrected chi connectivity index (χ4v) is 3.36. The Morgan fingerprint density at radius 1 is 1.33 bits per heavy atom. The van der Waals surface area contributed by atoms with Crippen molar-refractivity contribution in [3.8, 4) is 0 Å². The maximum Gasteiger partial charge on any atom is 0.329 e. The minimum absolute atomic E-state index is 0.156. The molecule has 3 rings (SSSR count). The van der Waals surface area contributed by atoms with E-state index in [0.29, 0.717) is 19.3 Å². The van der Waals surface area contributed by atoms with Gasteiger partial charge in [-0.3, -0.25) is 4.79 Å². The van der Waals surface area contributed by atoms with Gasteiger partial charge in [0.1, 0.15) is 5.54 Å². The van der Waals surface area contributed by atoms with Crippen molar-refractivity contribution < 1.29 is 14.7 Å². The lowest BCUT2D eigenvalue weighted by atomic mass is 10.1. The van der Waals surface area contributed by atoms with Crippen LogP contribution in [0.3, 0.4) is 0 Å². The van der Waals surface area contributed by atoms with E-state index in [0.717, 1.165) is 4.90 Å². The number of hydrogen-bond acceptors (Lipinski definition) is 3. The number of rotatable bonds is 3. The summed E-state index contributed by atoms with van der Waals surface area (Å²) >= 11 is 1.52. The smallest absolute Gasteiger partial charge is 0.329 e. The van der Waals surface area contributed by atoms with E-state index in [1.165, 1.54) is 17.3 Å². The molecule has 4 nitrogen and oxygen atoms in total. The molecule has 0 aromatic heterocycles. The van der Waals surface area contributed by atoms with Crippen molar-refractivity contribution in [3.05, 3.63) is 29.8 Å². The highest BCUT2D eigenvalue weighted by molar-refractivity contribution is 8.01. The SMILES string of the molecule is O=C(NC1(C(=O)O)CC1)C1Cc2ccccc2S1. The number of hydrogen-bond donors (Lipinski definition) is 2. The monoisotopic (exact) mass is 263 g/mol. The summed E-state index contributed by atoms with van der Waals surface area (Å²) in [4.78, 5) is 24.2. The predicted octanol–water partition coefficient (Wildman–Crippen LogP) is 1.44. The van der Waals surface area contributed by atoms with Gasteiger partial charge < -0.3 is 10.4 Å². The second-order valence-corrected chi connectivity index (χ2v) is 6.04. The summed E-state index contributed by atoms with van der Waals surface area (Å²) in [5, 5.41) is 11.5. The van der Waals surface area contributed by atoms with E-state index in [4.69, 9.17) is 5.11 Å². The van der Waals surface area contributed by atoms with Crippen molar-refractivity contribution in [1.82, 2.24) is 5.32 Å². The molecule has 5 heteroatoms. The summed E-state index contributed by atoms with van der Waals surface area (Å²) in [6, 6.07) is 7.92. The Kier molecular flexibility index (Phi) is 2.59. The van der Waals surface area contributed by atoms with E-state index in [9.17, 15) is 9.59 Å². The van der Waals surface area contributed by atoms with E-state index in [1.54, 1.807) is 0 Å². The second kappa shape index (κ2) is 4.02. The first kappa shape index (κ1) is 11.6. The molecule has 1 heterocycles. The molecular formula is C13H13NO3S. The maximum atomic E-state index is 12.1. The average Bonchev–Trinajstić information content (AvgIpc) is 3.00. The zero-order valence-electron chi connectivity index (χ0n) is 9.68. The van der Waals surface area contributed by atoms with Gasteiger partial charge in [0, 0.05) is 4.90 Å². The molecule has 1 amide bonds. The molecule has 2 N–H and O–H groups in total. The zero-order chi connectivity index (χ0) is 12.8. The first-order valence-electron chi connectivity index (χ1n) is 5.91. The fraction of sp³-hybridized carbons (Fsp3) is 0.385. The molecule has 1 fully saturated rings. The van der Waals surface area contributed by atoms with Crippen LogP contribution < -0.4 is 5.32 Å². The van der Waals surface area contributed by atoms with Gasteiger partial charge in [-0.2, -0.15) is 0 Å². The highest BCUT2D eigenvalue weighted by atomic mass is 32.2. The zero-order valence-corrected chi connectivity index (χ0v) is 10.5. The molecule has 0 radical (unpaired) electrons. The number of benzene rings is 1. The third-order valence-corrected chi connectivity index (χ3v) is 4.78. The van der Waals surface area contributed by atoms with Crippen molar-refractivity contribution >= 4 is 23.6 Å². The molecule has 0 bridgehead atoms. The fourth-order valence-electron chi connectivity index (χ4n) is 2.16. The number of carbonyl (C=O) groups excluding carboxylic acids is 1. The molecule has 0 spiro atoms. The first-order valence-corrected chi connectivity index (χ1v) is 6.79. The molecule has 18 heavy (non-hydrogen) atoms. The summed E-state index contributed by atoms with van der Waals surface area (Å²) in [6.07, 6.45) is 1.76. The number of carbonyl (C=O) groups is 2. The van der Waals surface area contributed by atoms with Crippen LogP contribution in [0.5, 0.6) is 0 Å². The molecular weight excluding hydrogens is 250 g/mol. The Hall–Kier alpha value is -1.49. The number of carboxylic acids is 1. The average molecular weight is 263 g/mol. The summed E-state index contributed by atoms with van der Waals surface area (Å²) in [7, 11) is 0. The molecule has 1 unspecified atom stereocenters. The summed E-state index contributed by atoms with van der Waals surface area (Å²) in [5.41, 5.74) is 0.190. The molecule has 1 aliphatic carbocycles. The minimum Gasteiger partial charge on any atom is -0.480 e. The maximum absolute atomic E-state index is 12.1. The van der Waals surface area contributed by atoms with Crippen molar-refractivity contribution in [3.63, 3.8) is 0 Å². The van der Waals surface area contributed by atoms with Gasteiger partial charge >= 0.3 is 5.97 Å². The number of nitrogens with one attached hydrogen (secondary N) is 1. The Labute approximate surface area is 109 Å². The Balaban J connectivity index is 1.68. The molecule has 1 aromatic carbocycles. The second-order valence-electron chi connectivity index (χ2n) is 4.79. The third-order valence-electron chi connectivity index (χ3n) is 3.46. The van der Waals surface area contributed by atoms with Gasteiger partial charge in [-0.25, -0.2) is 4.79 Å². The molecule has 1 aliphatic heterocycles. The highest BCUT2D eigenvalue weighted by Gasteiger charge is 2.52. The van der Waals surface area contributed by atoms with Gasteiger partial charge in [-0.15, -0.1) is 11.8 Å². The number of carboxylic acid groups (broad SMARTS) is 1. The quantitative estimate of drug-likeness (QED) is 0.866. The van der Waals surface area contributed by atoms with Gasteiger partial charge in [0.2, 0.25) is 5.91 Å². The van der Waals surface area contributed by atoms with Gasteiger partial charge in [0.15, 0.2) is 0 Å². The van der Waals surface area contributed by atoms with Crippen LogP contribution in [-0.2, 0) is 16.0 Å². The molecule has 0 saturated heterocycles. The van der Waals surface area contributed by atoms with Crippen LogP contribution in [0, 0.1) is 0 Å². The molecule has 1 saturated carbocycles. The predicted molar refractivity (Wildman–Crippen MR) is 67.5 cm³/mol. The Morgan fingerprint density at radius 2 is 2.06 bits per heavy atom. The van der Waals surface area contributed by atoms with Crippen molar-refractivity contribution in [2.45, 2.75) is 34.9 Å². The van der Waals surface area contributed by atoms with Gasteiger partial charge in [0.25, 0.3) is 0 Å². The molecule has 1 atom stereocenters. The van der Waals surface area contributed by atoms with Gasteiger partial charge in [0.05, 0.1) is 5.25 Å². The van der Waals surface area contributed by atoms with E-state index in [1.807, 2.05) is 24.3 Å². The normalized spacial score (nSPS) is 23.2. The van der Waals surface area contributed by atoms with E-state index in [2.05, 4.69) is 5.32 Å². The summed E-state index contributed by atoms with van der Waals surface area (Å²) in [6.45, 7) is 0. The molecule has 2 aliphatic rings. The third kappa shape index (κ3) is 1.88. The Bertz CT molecular complexity index is 500. The van der Waals surface area contributed by atoms with Crippen LogP contribution in [-0.4, -0.2) is 27.8 Å². The van der Waals surface area contributed by atoms with Crippen LogP contribution in [0.25, 0.3) is 0 Å². The topological polar surface area (TPSA) is 66.4 Å². The van der Waals surface area contributed by atoms with Crippen LogP contribution >= 0.6 is 11.8 Å².